The lowest BCUT2D eigenvalue weighted by Crippen LogP contribution is -2.44. The topological polar surface area (TPSA) is 24.8 Å². The van der Waals surface area contributed by atoms with E-state index in [0.717, 1.165) is 24.9 Å². The molecule has 0 spiro atoms. The highest BCUT2D eigenvalue weighted by Crippen LogP contribution is 2.45. The predicted octanol–water partition coefficient (Wildman–Crippen LogP) is 6.23. The van der Waals surface area contributed by atoms with Gasteiger partial charge in [-0.05, 0) is 49.1 Å². The van der Waals surface area contributed by atoms with Crippen molar-refractivity contribution in [3.63, 3.8) is 0 Å². The molecule has 2 N–H and O–H groups in total. The standard InChI is InChI=1S/C24H43NOSi/c1-8-27(9-2,10-3)26-23(22-14-12-11-13-19(22)4)18-25-17-21-15-20(5)24(6,7)16-21/h11-14,20-21,23,25H,8-10,15-18H2,1-7H3/p+1/t20-,21?,23?/m1/s1. The molecule has 0 heterocycles. The molecule has 0 amide bonds. The Morgan fingerprint density at radius 1 is 1.15 bits per heavy atom. The summed E-state index contributed by atoms with van der Waals surface area (Å²) < 4.78 is 5.58. The number of aryl methyl sites for hydroxylation is 1. The lowest BCUT2D eigenvalue weighted by atomic mass is 9.83. The molecule has 0 aliphatic heterocycles. The van der Waals surface area contributed by atoms with E-state index in [0.29, 0.717) is 11.5 Å². The highest BCUT2D eigenvalue weighted by atomic mass is 28.4. The molecule has 1 aromatic carbocycles. The molecule has 0 radical (unpaired) electrons. The van der Waals surface area contributed by atoms with Crippen LogP contribution in [0, 0.1) is 24.2 Å². The number of rotatable bonds is 10. The monoisotopic (exact) mass is 390 g/mol. The molecule has 1 saturated carbocycles. The van der Waals surface area contributed by atoms with Crippen LogP contribution in [0.25, 0.3) is 0 Å². The number of aliphatic hydroxyl groups is 1. The van der Waals surface area contributed by atoms with Gasteiger partial charge >= 0.3 is 8.32 Å². The highest BCUT2D eigenvalue weighted by molar-refractivity contribution is 6.72. The minimum atomic E-state index is -1.52. The van der Waals surface area contributed by atoms with Crippen LogP contribution < -0.4 is 5.32 Å². The van der Waals surface area contributed by atoms with Gasteiger partial charge in [-0.25, -0.2) is 0 Å². The summed E-state index contributed by atoms with van der Waals surface area (Å²) in [5, 5.41) is 3.83. The fraction of sp³-hybridized carbons (Fsp3) is 0.750. The maximum atomic E-state index is 5.58. The summed E-state index contributed by atoms with van der Waals surface area (Å²) >= 11 is 0. The highest BCUT2D eigenvalue weighted by Gasteiger charge is 2.41. The number of benzene rings is 1. The minimum Gasteiger partial charge on any atom is -0.524 e. The van der Waals surface area contributed by atoms with Crippen LogP contribution in [0.2, 0.25) is 18.1 Å². The molecule has 154 valence electrons. The molecule has 1 aliphatic carbocycles. The fourth-order valence-corrected chi connectivity index (χ4v) is 7.91. The van der Waals surface area contributed by atoms with E-state index < -0.39 is 8.32 Å². The smallest absolute Gasteiger partial charge is 0.384 e. The molecular formula is C24H44NOSi+. The second-order valence-corrected chi connectivity index (χ2v) is 14.5. The Kier molecular flexibility index (Phi) is 8.14. The van der Waals surface area contributed by atoms with Gasteiger partial charge in [-0.2, -0.15) is 0 Å². The summed E-state index contributed by atoms with van der Waals surface area (Å²) in [6.45, 7) is 18.7. The van der Waals surface area contributed by atoms with Crippen LogP contribution in [-0.2, 0) is 0 Å². The van der Waals surface area contributed by atoms with Gasteiger partial charge in [0.2, 0.25) is 0 Å². The van der Waals surface area contributed by atoms with Crippen LogP contribution in [0.3, 0.4) is 0 Å². The van der Waals surface area contributed by atoms with Crippen molar-refractivity contribution in [1.29, 1.82) is 0 Å². The van der Waals surface area contributed by atoms with Crippen LogP contribution in [-0.4, -0.2) is 25.8 Å². The Bertz CT molecular complexity index is 573. The summed E-state index contributed by atoms with van der Waals surface area (Å²) in [4.78, 5) is 0. The van der Waals surface area contributed by atoms with Crippen molar-refractivity contribution < 1.29 is 4.43 Å². The second kappa shape index (κ2) is 9.71. The molecule has 1 aliphatic rings. The summed E-state index contributed by atoms with van der Waals surface area (Å²) in [6.07, 6.45) is 3.03. The summed E-state index contributed by atoms with van der Waals surface area (Å²) in [5.74, 6) is 1.65. The number of hydrogen-bond acceptors (Lipinski definition) is 1. The molecule has 27 heavy (non-hydrogen) atoms. The molecule has 0 aromatic heterocycles. The largest absolute Gasteiger partial charge is 0.524 e. The third-order valence-electron chi connectivity index (χ3n) is 7.56. The summed E-state index contributed by atoms with van der Waals surface area (Å²) in [6, 6.07) is 12.6. The fourth-order valence-electron chi connectivity index (χ4n) is 4.97. The molecule has 0 saturated heterocycles. The molecule has 3 heteroatoms. The zero-order chi connectivity index (χ0) is 20.1. The van der Waals surface area contributed by atoms with Crippen molar-refractivity contribution in [2.75, 3.05) is 13.1 Å². The van der Waals surface area contributed by atoms with Gasteiger partial charge in [0.05, 0.1) is 6.54 Å². The van der Waals surface area contributed by atoms with Crippen LogP contribution in [0.1, 0.15) is 71.6 Å². The minimum absolute atomic E-state index is 0.310. The molecule has 1 aromatic rings. The first kappa shape index (κ1) is 22.6. The van der Waals surface area contributed by atoms with Gasteiger partial charge in [-0.15, -0.1) is 0 Å². The van der Waals surface area contributed by atoms with Crippen molar-refractivity contribution in [2.24, 2.45) is 17.3 Å². The number of hydrogen-bond donors (Lipinski definition) is 1. The number of nitrogens with one attached hydrogen (secondary N) is 1. The van der Waals surface area contributed by atoms with Crippen LogP contribution in [0.4, 0.5) is 0 Å². The molecule has 2 unspecified atom stereocenters. The lowest BCUT2D eigenvalue weighted by molar-refractivity contribution is 0.0275. The predicted molar refractivity (Wildman–Crippen MR) is 122 cm³/mol. The van der Waals surface area contributed by atoms with Crippen LogP contribution >= 0.6 is 0 Å². The van der Waals surface area contributed by atoms with Gasteiger partial charge in [-0.1, -0.05) is 65.8 Å². The van der Waals surface area contributed by atoms with Crippen molar-refractivity contribution in [1.82, 2.24) is 5.32 Å². The zero-order valence-corrected chi connectivity index (χ0v) is 19.9. The van der Waals surface area contributed by atoms with Crippen molar-refractivity contribution in [3.05, 3.63) is 35.4 Å². The van der Waals surface area contributed by atoms with Crippen LogP contribution in [0.15, 0.2) is 24.3 Å². The Labute approximate surface area is 169 Å². The Morgan fingerprint density at radius 2 is 1.78 bits per heavy atom. The molecule has 2 nitrogen and oxygen atoms in total. The third kappa shape index (κ3) is 5.68. The average Bonchev–Trinajstić information content (AvgIpc) is 2.91. The zero-order valence-electron chi connectivity index (χ0n) is 18.9. The molecular weight excluding hydrogens is 346 g/mol. The normalized spacial score (nSPS) is 23.5. The molecule has 3 atom stereocenters. The lowest BCUT2D eigenvalue weighted by Gasteiger charge is -2.30. The van der Waals surface area contributed by atoms with Gasteiger partial charge in [0, 0.05) is 23.7 Å². The summed E-state index contributed by atoms with van der Waals surface area (Å²) in [5.41, 5.74) is 3.31. The van der Waals surface area contributed by atoms with E-state index in [1.54, 1.807) is 0 Å². The van der Waals surface area contributed by atoms with E-state index >= 15 is 0 Å². The van der Waals surface area contributed by atoms with Gasteiger partial charge in [-0.3, -0.25) is 0 Å². The van der Waals surface area contributed by atoms with Crippen molar-refractivity contribution >= 4 is 8.32 Å². The third-order valence-corrected chi connectivity index (χ3v) is 12.4. The Balaban J connectivity index is 2.06. The van der Waals surface area contributed by atoms with E-state index in [-0.39, 0.29) is 0 Å². The first-order chi connectivity index (χ1) is 12.8. The average molecular weight is 391 g/mol. The van der Waals surface area contributed by atoms with Crippen molar-refractivity contribution in [2.45, 2.75) is 85.5 Å². The van der Waals surface area contributed by atoms with Crippen LogP contribution in [0.5, 0.6) is 0 Å². The molecule has 2 rings (SSSR count). The quantitative estimate of drug-likeness (QED) is 0.371. The van der Waals surface area contributed by atoms with Crippen molar-refractivity contribution in [3.8, 4) is 0 Å². The second-order valence-electron chi connectivity index (χ2n) is 9.64. The van der Waals surface area contributed by atoms with Gasteiger partial charge in [0.15, 0.2) is 6.10 Å². The van der Waals surface area contributed by atoms with E-state index in [9.17, 15) is 0 Å². The van der Waals surface area contributed by atoms with Gasteiger partial charge in [0.25, 0.3) is 0 Å². The maximum absolute atomic E-state index is 5.58. The first-order valence-corrected chi connectivity index (χ1v) is 13.8. The van der Waals surface area contributed by atoms with E-state index in [1.807, 2.05) is 0 Å². The first-order valence-electron chi connectivity index (χ1n) is 11.2. The van der Waals surface area contributed by atoms with E-state index in [1.165, 1.54) is 42.1 Å². The Morgan fingerprint density at radius 3 is 2.30 bits per heavy atom. The summed E-state index contributed by atoms with van der Waals surface area (Å²) in [7, 11) is -1.52. The maximum Gasteiger partial charge on any atom is 0.384 e. The van der Waals surface area contributed by atoms with E-state index in [2.05, 4.69) is 78.0 Å². The van der Waals surface area contributed by atoms with Gasteiger partial charge < -0.3 is 9.74 Å². The molecule has 1 fully saturated rings. The van der Waals surface area contributed by atoms with E-state index in [4.69, 9.17) is 4.43 Å². The van der Waals surface area contributed by atoms with Gasteiger partial charge in [0.1, 0.15) is 0 Å². The Hall–Kier alpha value is -0.643. The molecule has 0 bridgehead atoms. The SMILES string of the molecule is CC[Si](CC)(CC)[OH+]C(CNCC1C[C@@H](C)C(C)(C)C1)c1ccccc1C.